The molecule has 4 rings (SSSR count). The van der Waals surface area contributed by atoms with Crippen LogP contribution in [0.4, 0.5) is 5.69 Å². The number of aryl methyl sites for hydroxylation is 2. The number of anilines is 1. The lowest BCUT2D eigenvalue weighted by molar-refractivity contribution is -0.116. The van der Waals surface area contributed by atoms with Gasteiger partial charge < -0.3 is 5.32 Å². The molecule has 4 aromatic rings. The van der Waals surface area contributed by atoms with Gasteiger partial charge in [0, 0.05) is 21.7 Å². The maximum atomic E-state index is 12.9. The number of nitrogens with one attached hydrogen (secondary N) is 1. The number of hydrogen-bond acceptors (Lipinski definition) is 5. The molecule has 0 aliphatic heterocycles. The standard InChI is InChI=1S/C19H15BrN4O2S/c1-10-8-12(5-6-14(10)20)23-15(25)9-24-11(2)22-16-13-4-3-7-21-18(13)27-17(16)19(24)26/h3-8H,9H2,1-2H3,(H,23,25). The molecule has 0 aliphatic rings. The van der Waals surface area contributed by atoms with E-state index in [1.807, 2.05) is 37.3 Å². The summed E-state index contributed by atoms with van der Waals surface area (Å²) in [6.45, 7) is 3.59. The summed E-state index contributed by atoms with van der Waals surface area (Å²) in [6.07, 6.45) is 1.69. The van der Waals surface area contributed by atoms with Crippen LogP contribution >= 0.6 is 27.3 Å². The topological polar surface area (TPSA) is 76.9 Å². The fourth-order valence-corrected chi connectivity index (χ4v) is 4.20. The van der Waals surface area contributed by atoms with E-state index in [0.717, 1.165) is 20.3 Å². The van der Waals surface area contributed by atoms with E-state index >= 15 is 0 Å². The Balaban J connectivity index is 1.69. The highest BCUT2D eigenvalue weighted by molar-refractivity contribution is 9.10. The molecule has 6 nitrogen and oxygen atoms in total. The highest BCUT2D eigenvalue weighted by atomic mass is 79.9. The Kier molecular flexibility index (Phi) is 4.53. The Bertz CT molecular complexity index is 1260. The second-order valence-electron chi connectivity index (χ2n) is 6.20. The number of carbonyl (C=O) groups excluding carboxylic acids is 1. The summed E-state index contributed by atoms with van der Waals surface area (Å²) in [5.74, 6) is 0.223. The molecule has 0 spiro atoms. The van der Waals surface area contributed by atoms with Crippen LogP contribution in [0.15, 0.2) is 45.8 Å². The van der Waals surface area contributed by atoms with Crippen molar-refractivity contribution in [1.82, 2.24) is 14.5 Å². The second kappa shape index (κ2) is 6.86. The van der Waals surface area contributed by atoms with Gasteiger partial charge in [0.2, 0.25) is 5.91 Å². The van der Waals surface area contributed by atoms with Crippen LogP contribution in [-0.4, -0.2) is 20.4 Å². The number of pyridine rings is 1. The molecule has 136 valence electrons. The fraction of sp³-hybridized carbons (Fsp3) is 0.158. The van der Waals surface area contributed by atoms with Crippen molar-refractivity contribution < 1.29 is 4.79 Å². The molecule has 0 radical (unpaired) electrons. The molecule has 0 atom stereocenters. The summed E-state index contributed by atoms with van der Waals surface area (Å²) < 4.78 is 2.89. The van der Waals surface area contributed by atoms with Crippen LogP contribution in [-0.2, 0) is 11.3 Å². The van der Waals surface area contributed by atoms with Crippen LogP contribution in [0, 0.1) is 13.8 Å². The van der Waals surface area contributed by atoms with Gasteiger partial charge in [-0.3, -0.25) is 14.2 Å². The van der Waals surface area contributed by atoms with Gasteiger partial charge in [-0.2, -0.15) is 0 Å². The number of thiophene rings is 1. The molecule has 0 bridgehead atoms. The lowest BCUT2D eigenvalue weighted by Gasteiger charge is -2.11. The number of hydrogen-bond donors (Lipinski definition) is 1. The van der Waals surface area contributed by atoms with Crippen molar-refractivity contribution in [1.29, 1.82) is 0 Å². The normalized spacial score (nSPS) is 11.2. The number of benzene rings is 1. The number of amides is 1. The van der Waals surface area contributed by atoms with Crippen molar-refractivity contribution in [2.24, 2.45) is 0 Å². The molecule has 27 heavy (non-hydrogen) atoms. The van der Waals surface area contributed by atoms with Crippen LogP contribution < -0.4 is 10.9 Å². The molecule has 1 aromatic carbocycles. The van der Waals surface area contributed by atoms with E-state index in [9.17, 15) is 9.59 Å². The molecular weight excluding hydrogens is 428 g/mol. The van der Waals surface area contributed by atoms with Crippen molar-refractivity contribution in [3.63, 3.8) is 0 Å². The molecule has 3 heterocycles. The van der Waals surface area contributed by atoms with Gasteiger partial charge in [0.05, 0.1) is 5.52 Å². The summed E-state index contributed by atoms with van der Waals surface area (Å²) in [7, 11) is 0. The minimum atomic E-state index is -0.276. The maximum Gasteiger partial charge on any atom is 0.272 e. The van der Waals surface area contributed by atoms with E-state index in [1.54, 1.807) is 13.1 Å². The van der Waals surface area contributed by atoms with Gasteiger partial charge in [-0.1, -0.05) is 15.9 Å². The third kappa shape index (κ3) is 3.26. The van der Waals surface area contributed by atoms with Crippen molar-refractivity contribution in [2.45, 2.75) is 20.4 Å². The lowest BCUT2D eigenvalue weighted by Crippen LogP contribution is -2.29. The van der Waals surface area contributed by atoms with Crippen molar-refractivity contribution in [3.05, 3.63) is 62.7 Å². The summed E-state index contributed by atoms with van der Waals surface area (Å²) >= 11 is 4.74. The summed E-state index contributed by atoms with van der Waals surface area (Å²) in [6, 6.07) is 9.28. The Morgan fingerprint density at radius 1 is 1.30 bits per heavy atom. The zero-order chi connectivity index (χ0) is 19.1. The quantitative estimate of drug-likeness (QED) is 0.519. The summed E-state index contributed by atoms with van der Waals surface area (Å²) in [4.78, 5) is 35.0. The number of aromatic nitrogens is 3. The number of nitrogens with zero attached hydrogens (tertiary/aromatic N) is 3. The second-order valence-corrected chi connectivity index (χ2v) is 8.05. The van der Waals surface area contributed by atoms with Crippen LogP contribution in [0.5, 0.6) is 0 Å². The van der Waals surface area contributed by atoms with E-state index in [2.05, 4.69) is 31.2 Å². The summed E-state index contributed by atoms with van der Waals surface area (Å²) in [5.41, 5.74) is 2.13. The smallest absolute Gasteiger partial charge is 0.272 e. The predicted octanol–water partition coefficient (Wildman–Crippen LogP) is 4.02. The van der Waals surface area contributed by atoms with Crippen molar-refractivity contribution in [3.8, 4) is 0 Å². The maximum absolute atomic E-state index is 12.9. The Hall–Kier alpha value is -2.58. The molecule has 0 saturated carbocycles. The first-order chi connectivity index (χ1) is 12.9. The average Bonchev–Trinajstić information content (AvgIpc) is 3.01. The van der Waals surface area contributed by atoms with Crippen LogP contribution in [0.25, 0.3) is 20.4 Å². The van der Waals surface area contributed by atoms with E-state index in [0.29, 0.717) is 21.7 Å². The van der Waals surface area contributed by atoms with Gasteiger partial charge in [-0.25, -0.2) is 9.97 Å². The van der Waals surface area contributed by atoms with Crippen molar-refractivity contribution >= 4 is 59.3 Å². The highest BCUT2D eigenvalue weighted by Gasteiger charge is 2.16. The van der Waals surface area contributed by atoms with Gasteiger partial charge >= 0.3 is 0 Å². The van der Waals surface area contributed by atoms with E-state index < -0.39 is 0 Å². The highest BCUT2D eigenvalue weighted by Crippen LogP contribution is 2.28. The van der Waals surface area contributed by atoms with Crippen LogP contribution in [0.1, 0.15) is 11.4 Å². The monoisotopic (exact) mass is 442 g/mol. The van der Waals surface area contributed by atoms with Crippen LogP contribution in [0.3, 0.4) is 0 Å². The number of fused-ring (bicyclic) bond motifs is 3. The molecular formula is C19H15BrN4O2S. The van der Waals surface area contributed by atoms with Gasteiger partial charge in [0.25, 0.3) is 5.56 Å². The molecule has 0 saturated heterocycles. The molecule has 0 aliphatic carbocycles. The van der Waals surface area contributed by atoms with Gasteiger partial charge in [0.15, 0.2) is 0 Å². The number of rotatable bonds is 3. The molecule has 0 fully saturated rings. The van der Waals surface area contributed by atoms with E-state index in [-0.39, 0.29) is 18.0 Å². The first-order valence-electron chi connectivity index (χ1n) is 8.24. The fourth-order valence-electron chi connectivity index (χ4n) is 2.92. The number of carbonyl (C=O) groups is 1. The Morgan fingerprint density at radius 3 is 2.89 bits per heavy atom. The van der Waals surface area contributed by atoms with Gasteiger partial charge in [0.1, 0.15) is 21.9 Å². The number of halogens is 1. The third-order valence-electron chi connectivity index (χ3n) is 4.29. The zero-order valence-electron chi connectivity index (χ0n) is 14.6. The molecule has 1 amide bonds. The third-order valence-corrected chi connectivity index (χ3v) is 6.27. The minimum absolute atomic E-state index is 0.0929. The van der Waals surface area contributed by atoms with Gasteiger partial charge in [-0.05, 0) is 49.7 Å². The molecule has 8 heteroatoms. The zero-order valence-corrected chi connectivity index (χ0v) is 17.0. The van der Waals surface area contributed by atoms with Crippen molar-refractivity contribution in [2.75, 3.05) is 5.32 Å². The van der Waals surface area contributed by atoms with E-state index in [4.69, 9.17) is 0 Å². The average molecular weight is 443 g/mol. The van der Waals surface area contributed by atoms with Crippen LogP contribution in [0.2, 0.25) is 0 Å². The first kappa shape index (κ1) is 17.8. The van der Waals surface area contributed by atoms with Gasteiger partial charge in [-0.15, -0.1) is 11.3 Å². The summed E-state index contributed by atoms with van der Waals surface area (Å²) in [5, 5.41) is 3.69. The predicted molar refractivity (Wildman–Crippen MR) is 111 cm³/mol. The van der Waals surface area contributed by atoms with E-state index in [1.165, 1.54) is 15.9 Å². The first-order valence-corrected chi connectivity index (χ1v) is 9.85. The lowest BCUT2D eigenvalue weighted by atomic mass is 10.2. The Morgan fingerprint density at radius 2 is 2.11 bits per heavy atom. The SMILES string of the molecule is Cc1cc(NC(=O)Cn2c(C)nc3c(sc4ncccc43)c2=O)ccc1Br. The molecule has 0 unspecified atom stereocenters. The minimum Gasteiger partial charge on any atom is -0.325 e. The molecule has 1 N–H and O–H groups in total. The Labute approximate surface area is 167 Å². The molecule has 3 aromatic heterocycles. The largest absolute Gasteiger partial charge is 0.325 e.